The number of phenols is 1. The van der Waals surface area contributed by atoms with Crippen LogP contribution in [0, 0.1) is 5.92 Å². The lowest BCUT2D eigenvalue weighted by molar-refractivity contribution is -0.152. The van der Waals surface area contributed by atoms with Gasteiger partial charge in [0.1, 0.15) is 11.7 Å². The maximum absolute atomic E-state index is 12.7. The van der Waals surface area contributed by atoms with Crippen molar-refractivity contribution in [3.8, 4) is 5.75 Å². The first-order chi connectivity index (χ1) is 12.4. The number of nitrogens with one attached hydrogen (secondary N) is 2. The quantitative estimate of drug-likeness (QED) is 0.237. The fourth-order valence-electron chi connectivity index (χ4n) is 2.83. The second-order valence-corrected chi connectivity index (χ2v) is 6.62. The van der Waals surface area contributed by atoms with Gasteiger partial charge in [0, 0.05) is 20.2 Å². The molecule has 0 radical (unpaired) electrons. The second-order valence-electron chi connectivity index (χ2n) is 6.21. The number of carbonyl (C=O) groups excluding carboxylic acids is 2. The second kappa shape index (κ2) is 8.84. The van der Waals surface area contributed by atoms with Crippen molar-refractivity contribution in [1.82, 2.24) is 5.32 Å². The highest BCUT2D eigenvalue weighted by Crippen LogP contribution is 2.36. The lowest BCUT2D eigenvalue weighted by Crippen LogP contribution is -2.37. The number of fused-ring (bicyclic) bond motifs is 1. The van der Waals surface area contributed by atoms with Gasteiger partial charge >= 0.3 is 5.97 Å². The van der Waals surface area contributed by atoms with Crippen molar-refractivity contribution in [1.29, 1.82) is 0 Å². The van der Waals surface area contributed by atoms with E-state index in [0.717, 1.165) is 18.4 Å². The first-order valence-electron chi connectivity index (χ1n) is 8.67. The molecule has 8 heteroatoms. The van der Waals surface area contributed by atoms with Crippen LogP contribution in [-0.2, 0) is 20.7 Å². The van der Waals surface area contributed by atoms with Crippen LogP contribution in [0.1, 0.15) is 31.7 Å². The Balaban J connectivity index is 2.24. The molecule has 0 saturated heterocycles. The van der Waals surface area contributed by atoms with Gasteiger partial charge in [0.25, 0.3) is 0 Å². The van der Waals surface area contributed by atoms with Gasteiger partial charge in [0.15, 0.2) is 5.11 Å². The van der Waals surface area contributed by atoms with Crippen LogP contribution < -0.4 is 15.5 Å². The average molecular weight is 379 g/mol. The lowest BCUT2D eigenvalue weighted by atomic mass is 10.00. The standard InChI is InChI=1S/C18H25N3O4S/c1-4-5-8-25-17(24)12-7-6-11-9-13(20-18(26)19-2)15(22)10-14(11)21(3)16(12)23/h9-10,12,22H,4-8H2,1-3H3,(H2,19,20,26). The zero-order valence-corrected chi connectivity index (χ0v) is 16.1. The van der Waals surface area contributed by atoms with Gasteiger partial charge in [-0.2, -0.15) is 0 Å². The van der Waals surface area contributed by atoms with E-state index in [-0.39, 0.29) is 11.7 Å². The molecule has 2 rings (SSSR count). The van der Waals surface area contributed by atoms with Gasteiger partial charge in [-0.15, -0.1) is 0 Å². The fourth-order valence-corrected chi connectivity index (χ4v) is 2.94. The molecule has 0 saturated carbocycles. The largest absolute Gasteiger partial charge is 0.506 e. The van der Waals surface area contributed by atoms with Crippen LogP contribution in [-0.4, -0.2) is 42.8 Å². The summed E-state index contributed by atoms with van der Waals surface area (Å²) in [6.45, 7) is 2.33. The zero-order valence-electron chi connectivity index (χ0n) is 15.3. The molecule has 0 aliphatic carbocycles. The van der Waals surface area contributed by atoms with Crippen molar-refractivity contribution >= 4 is 40.6 Å². The average Bonchev–Trinajstić information content (AvgIpc) is 2.73. The molecule has 1 atom stereocenters. The van der Waals surface area contributed by atoms with Crippen LogP contribution in [0.4, 0.5) is 11.4 Å². The van der Waals surface area contributed by atoms with Gasteiger partial charge in [-0.3, -0.25) is 9.59 Å². The number of amides is 1. The number of esters is 1. The first kappa shape index (κ1) is 20.0. The molecule has 26 heavy (non-hydrogen) atoms. The number of anilines is 2. The van der Waals surface area contributed by atoms with E-state index in [1.54, 1.807) is 20.2 Å². The van der Waals surface area contributed by atoms with Gasteiger partial charge in [0.05, 0.1) is 18.0 Å². The predicted molar refractivity (Wildman–Crippen MR) is 104 cm³/mol. The summed E-state index contributed by atoms with van der Waals surface area (Å²) in [6.07, 6.45) is 2.57. The number of unbranched alkanes of at least 4 members (excludes halogenated alkanes) is 1. The third kappa shape index (κ3) is 4.43. The summed E-state index contributed by atoms with van der Waals surface area (Å²) in [5, 5.41) is 16.3. The molecule has 1 unspecified atom stereocenters. The Morgan fingerprint density at radius 2 is 2.19 bits per heavy atom. The SMILES string of the molecule is CCCCOC(=O)C1CCc2cc(NC(=S)NC)c(O)cc2N(C)C1=O. The Hall–Kier alpha value is -2.35. The molecule has 1 heterocycles. The highest BCUT2D eigenvalue weighted by atomic mass is 32.1. The Morgan fingerprint density at radius 1 is 1.46 bits per heavy atom. The van der Waals surface area contributed by atoms with Crippen molar-refractivity contribution < 1.29 is 19.4 Å². The Kier molecular flexibility index (Phi) is 6.79. The number of ether oxygens (including phenoxy) is 1. The van der Waals surface area contributed by atoms with E-state index < -0.39 is 11.9 Å². The number of aromatic hydroxyl groups is 1. The Morgan fingerprint density at radius 3 is 2.85 bits per heavy atom. The first-order valence-corrected chi connectivity index (χ1v) is 9.08. The molecule has 1 amide bonds. The molecule has 1 aromatic carbocycles. The minimum Gasteiger partial charge on any atom is -0.506 e. The summed E-state index contributed by atoms with van der Waals surface area (Å²) in [5.74, 6) is -1.66. The number of thiocarbonyl (C=S) groups is 1. The molecule has 1 aliphatic rings. The summed E-state index contributed by atoms with van der Waals surface area (Å²) in [6, 6.07) is 3.27. The van der Waals surface area contributed by atoms with Crippen LogP contribution >= 0.6 is 12.2 Å². The Labute approximate surface area is 158 Å². The molecule has 0 bridgehead atoms. The maximum Gasteiger partial charge on any atom is 0.318 e. The van der Waals surface area contributed by atoms with E-state index in [2.05, 4.69) is 10.6 Å². The molecule has 7 nitrogen and oxygen atoms in total. The number of aryl methyl sites for hydroxylation is 1. The van der Waals surface area contributed by atoms with E-state index in [1.807, 2.05) is 6.92 Å². The third-order valence-electron chi connectivity index (χ3n) is 4.39. The molecule has 1 aromatic rings. The smallest absolute Gasteiger partial charge is 0.318 e. The molecule has 0 spiro atoms. The van der Waals surface area contributed by atoms with Crippen LogP contribution in [0.3, 0.4) is 0 Å². The summed E-state index contributed by atoms with van der Waals surface area (Å²) < 4.78 is 5.24. The predicted octanol–water partition coefficient (Wildman–Crippen LogP) is 2.18. The molecule has 1 aliphatic heterocycles. The monoisotopic (exact) mass is 379 g/mol. The number of nitrogens with zero attached hydrogens (tertiary/aromatic N) is 1. The van der Waals surface area contributed by atoms with Crippen LogP contribution in [0.2, 0.25) is 0 Å². The van der Waals surface area contributed by atoms with Crippen molar-refractivity contribution in [2.75, 3.05) is 30.9 Å². The number of rotatable bonds is 5. The molecule has 142 valence electrons. The summed E-state index contributed by atoms with van der Waals surface area (Å²) in [5.41, 5.74) is 1.88. The van der Waals surface area contributed by atoms with Crippen molar-refractivity contribution in [2.24, 2.45) is 5.92 Å². The summed E-state index contributed by atoms with van der Waals surface area (Å²) >= 11 is 5.06. The van der Waals surface area contributed by atoms with Crippen molar-refractivity contribution in [3.05, 3.63) is 17.7 Å². The molecular weight excluding hydrogens is 354 g/mol. The Bertz CT molecular complexity index is 708. The molecule has 0 fully saturated rings. The van der Waals surface area contributed by atoms with Crippen LogP contribution in [0.5, 0.6) is 5.75 Å². The third-order valence-corrected chi connectivity index (χ3v) is 4.70. The summed E-state index contributed by atoms with van der Waals surface area (Å²) in [7, 11) is 3.28. The number of hydrogen-bond donors (Lipinski definition) is 3. The van der Waals surface area contributed by atoms with Gasteiger partial charge < -0.3 is 25.4 Å². The van der Waals surface area contributed by atoms with E-state index in [1.165, 1.54) is 11.0 Å². The molecular formula is C18H25N3O4S. The number of benzene rings is 1. The van der Waals surface area contributed by atoms with Crippen molar-refractivity contribution in [2.45, 2.75) is 32.6 Å². The fraction of sp³-hybridized carbons (Fsp3) is 0.500. The number of hydrogen-bond acceptors (Lipinski definition) is 5. The minimum atomic E-state index is -0.832. The highest BCUT2D eigenvalue weighted by Gasteiger charge is 2.35. The minimum absolute atomic E-state index is 0.0232. The van der Waals surface area contributed by atoms with E-state index in [0.29, 0.717) is 35.9 Å². The van der Waals surface area contributed by atoms with Gasteiger partial charge in [-0.05, 0) is 43.1 Å². The number of phenolic OH excluding ortho intramolecular Hbond substituents is 1. The number of carbonyl (C=O) groups is 2. The topological polar surface area (TPSA) is 90.9 Å². The van der Waals surface area contributed by atoms with Crippen molar-refractivity contribution in [3.63, 3.8) is 0 Å². The highest BCUT2D eigenvalue weighted by molar-refractivity contribution is 7.80. The molecule has 3 N–H and O–H groups in total. The maximum atomic E-state index is 12.7. The normalized spacial score (nSPS) is 16.5. The van der Waals surface area contributed by atoms with Gasteiger partial charge in [0.2, 0.25) is 5.91 Å². The van der Waals surface area contributed by atoms with Crippen LogP contribution in [0.25, 0.3) is 0 Å². The summed E-state index contributed by atoms with van der Waals surface area (Å²) in [4.78, 5) is 26.4. The lowest BCUT2D eigenvalue weighted by Gasteiger charge is -2.21. The van der Waals surface area contributed by atoms with E-state index in [4.69, 9.17) is 17.0 Å². The molecule has 0 aromatic heterocycles. The van der Waals surface area contributed by atoms with E-state index >= 15 is 0 Å². The van der Waals surface area contributed by atoms with Crippen LogP contribution in [0.15, 0.2) is 12.1 Å². The van der Waals surface area contributed by atoms with Gasteiger partial charge in [-0.25, -0.2) is 0 Å². The van der Waals surface area contributed by atoms with E-state index in [9.17, 15) is 14.7 Å². The van der Waals surface area contributed by atoms with Gasteiger partial charge in [-0.1, -0.05) is 13.3 Å². The zero-order chi connectivity index (χ0) is 19.3.